The quantitative estimate of drug-likeness (QED) is 0.595. The van der Waals surface area contributed by atoms with Crippen LogP contribution >= 0.6 is 0 Å². The molecular weight excluding hydrogens is 421 g/mol. The van der Waals surface area contributed by atoms with Gasteiger partial charge in [-0.3, -0.25) is 19.4 Å². The van der Waals surface area contributed by atoms with Crippen LogP contribution in [-0.2, 0) is 20.8 Å². The van der Waals surface area contributed by atoms with Crippen molar-refractivity contribution in [3.05, 3.63) is 77.1 Å². The molecule has 1 unspecified atom stereocenters. The molecule has 0 radical (unpaired) electrons. The van der Waals surface area contributed by atoms with E-state index < -0.39 is 41.1 Å². The Balaban J connectivity index is 0.000000269. The van der Waals surface area contributed by atoms with Crippen molar-refractivity contribution < 1.29 is 28.7 Å². The molecule has 2 aliphatic rings. The molecule has 1 aromatic heterocycles. The molecule has 0 spiro atoms. The van der Waals surface area contributed by atoms with Crippen LogP contribution in [0.15, 0.2) is 65.3 Å². The lowest BCUT2D eigenvalue weighted by Gasteiger charge is -2.27. The van der Waals surface area contributed by atoms with Gasteiger partial charge in [0.15, 0.2) is 5.78 Å². The van der Waals surface area contributed by atoms with Gasteiger partial charge in [0.05, 0.1) is 0 Å². The summed E-state index contributed by atoms with van der Waals surface area (Å²) in [4.78, 5) is 50.0. The Morgan fingerprint density at radius 2 is 1.78 bits per heavy atom. The second kappa shape index (κ2) is 9.16. The highest BCUT2D eigenvalue weighted by Crippen LogP contribution is 2.28. The van der Waals surface area contributed by atoms with E-state index in [1.54, 1.807) is 12.1 Å². The van der Waals surface area contributed by atoms with Crippen LogP contribution in [-0.4, -0.2) is 44.5 Å². The highest BCUT2D eigenvalue weighted by molar-refractivity contribution is 6.36. The number of Topliss-reactive ketones (excluding diaryl/α,β-unsaturated/α-hetero) is 1. The number of benzene rings is 1. The van der Waals surface area contributed by atoms with Gasteiger partial charge in [-0.1, -0.05) is 12.1 Å². The number of primary amides is 1. The van der Waals surface area contributed by atoms with Gasteiger partial charge in [-0.15, -0.1) is 5.10 Å². The number of ketones is 1. The number of nitrogens with one attached hydrogen (secondary N) is 1. The molecule has 0 bridgehead atoms. The number of amidine groups is 1. The van der Waals surface area contributed by atoms with E-state index in [2.05, 4.69) is 15.4 Å². The van der Waals surface area contributed by atoms with Crippen LogP contribution in [0.5, 0.6) is 0 Å². The van der Waals surface area contributed by atoms with Crippen molar-refractivity contribution in [2.45, 2.75) is 13.3 Å². The largest absolute Gasteiger partial charge is 0.475 e. The van der Waals surface area contributed by atoms with Crippen LogP contribution in [0, 0.1) is 11.7 Å². The molecule has 2 aliphatic heterocycles. The van der Waals surface area contributed by atoms with Gasteiger partial charge in [0.2, 0.25) is 11.7 Å². The average Bonchev–Trinajstić information content (AvgIpc) is 3.24. The summed E-state index contributed by atoms with van der Waals surface area (Å²) < 4.78 is 12.9. The van der Waals surface area contributed by atoms with E-state index in [4.69, 9.17) is 10.8 Å². The van der Waals surface area contributed by atoms with Crippen LogP contribution in [0.2, 0.25) is 0 Å². The van der Waals surface area contributed by atoms with Gasteiger partial charge in [-0.2, -0.15) is 5.01 Å². The lowest BCUT2D eigenvalue weighted by atomic mass is 9.88. The molecule has 0 fully saturated rings. The number of nitrogens with two attached hydrogens (primary N) is 1. The normalized spacial score (nSPS) is 17.1. The smallest absolute Gasteiger partial charge is 0.373 e. The first-order chi connectivity index (χ1) is 15.2. The number of carboxylic acid groups (broad SMARTS) is 1. The summed E-state index contributed by atoms with van der Waals surface area (Å²) in [7, 11) is 0. The minimum atomic E-state index is -1.32. The molecular formula is C21H18FN5O5. The Bertz CT molecular complexity index is 1140. The molecule has 1 atom stereocenters. The highest BCUT2D eigenvalue weighted by Gasteiger charge is 2.43. The Morgan fingerprint density at radius 1 is 1.16 bits per heavy atom. The number of allylic oxidation sites excluding steroid dienone is 1. The van der Waals surface area contributed by atoms with Crippen LogP contribution in [0.25, 0.3) is 0 Å². The predicted molar refractivity (Wildman–Crippen MR) is 109 cm³/mol. The van der Waals surface area contributed by atoms with Gasteiger partial charge in [0.1, 0.15) is 17.6 Å². The summed E-state index contributed by atoms with van der Waals surface area (Å²) in [5.74, 6) is -4.51. The summed E-state index contributed by atoms with van der Waals surface area (Å²) in [5, 5.41) is 16.0. The molecule has 3 heterocycles. The van der Waals surface area contributed by atoms with E-state index in [0.717, 1.165) is 5.01 Å². The fraction of sp³-hybridized carbons (Fsp3) is 0.143. The van der Waals surface area contributed by atoms with Crippen molar-refractivity contribution in [2.75, 3.05) is 0 Å². The molecule has 0 aliphatic carbocycles. The van der Waals surface area contributed by atoms with E-state index in [1.165, 1.54) is 43.6 Å². The molecule has 11 heteroatoms. The van der Waals surface area contributed by atoms with Gasteiger partial charge in [-0.05, 0) is 43.2 Å². The SMILES string of the molecule is CC1=C2NC(C(=O)O)=NN2C(=O)C(Cc2ccc(F)cc2)C1=O.NC(=O)c1ccncc1. The third-order valence-corrected chi connectivity index (χ3v) is 4.72. The van der Waals surface area contributed by atoms with Crippen LogP contribution in [0.3, 0.4) is 0 Å². The van der Waals surface area contributed by atoms with Crippen molar-refractivity contribution >= 4 is 29.4 Å². The van der Waals surface area contributed by atoms with Gasteiger partial charge < -0.3 is 16.2 Å². The van der Waals surface area contributed by atoms with Gasteiger partial charge in [0, 0.05) is 23.5 Å². The Hall–Kier alpha value is -4.41. The number of nitrogens with zero attached hydrogens (tertiary/aromatic N) is 3. The third-order valence-electron chi connectivity index (χ3n) is 4.72. The Morgan fingerprint density at radius 3 is 2.31 bits per heavy atom. The van der Waals surface area contributed by atoms with Crippen LogP contribution in [0.1, 0.15) is 22.8 Å². The first kappa shape index (κ1) is 22.3. The summed E-state index contributed by atoms with van der Waals surface area (Å²) >= 11 is 0. The first-order valence-electron chi connectivity index (χ1n) is 9.31. The molecule has 1 aromatic carbocycles. The molecule has 0 saturated carbocycles. The fourth-order valence-corrected chi connectivity index (χ4v) is 3.04. The summed E-state index contributed by atoms with van der Waals surface area (Å²) in [6, 6.07) is 8.64. The number of hydrogen-bond acceptors (Lipinski definition) is 7. The fourth-order valence-electron chi connectivity index (χ4n) is 3.04. The van der Waals surface area contributed by atoms with Crippen molar-refractivity contribution in [3.8, 4) is 0 Å². The molecule has 2 amide bonds. The maximum Gasteiger partial charge on any atom is 0.373 e. The Labute approximate surface area is 181 Å². The second-order valence-electron chi connectivity index (χ2n) is 6.85. The number of carbonyl (C=O) groups excluding carboxylic acids is 3. The monoisotopic (exact) mass is 439 g/mol. The third kappa shape index (κ3) is 4.67. The van der Waals surface area contributed by atoms with Crippen molar-refractivity contribution in [2.24, 2.45) is 16.8 Å². The predicted octanol–water partition coefficient (Wildman–Crippen LogP) is 0.809. The lowest BCUT2D eigenvalue weighted by molar-refractivity contribution is -0.140. The average molecular weight is 439 g/mol. The number of hydrogen-bond donors (Lipinski definition) is 3. The molecule has 10 nitrogen and oxygen atoms in total. The maximum absolute atomic E-state index is 12.9. The van der Waals surface area contributed by atoms with E-state index in [-0.39, 0.29) is 17.8 Å². The number of hydrazone groups is 1. The minimum Gasteiger partial charge on any atom is -0.475 e. The number of rotatable bonds is 4. The molecule has 4 rings (SSSR count). The number of carboxylic acids is 1. The Kier molecular flexibility index (Phi) is 6.38. The molecule has 164 valence electrons. The van der Waals surface area contributed by atoms with Crippen molar-refractivity contribution in [1.29, 1.82) is 0 Å². The summed E-state index contributed by atoms with van der Waals surface area (Å²) in [6.07, 6.45) is 3.15. The van der Waals surface area contributed by atoms with E-state index in [1.807, 2.05) is 0 Å². The van der Waals surface area contributed by atoms with E-state index in [9.17, 15) is 23.6 Å². The first-order valence-corrected chi connectivity index (χ1v) is 9.31. The number of aromatic nitrogens is 1. The number of aliphatic carboxylic acids is 1. The van der Waals surface area contributed by atoms with Crippen LogP contribution < -0.4 is 11.1 Å². The second-order valence-corrected chi connectivity index (χ2v) is 6.85. The van der Waals surface area contributed by atoms with E-state index in [0.29, 0.717) is 11.1 Å². The van der Waals surface area contributed by atoms with Gasteiger partial charge in [0.25, 0.3) is 5.91 Å². The van der Waals surface area contributed by atoms with Crippen molar-refractivity contribution in [3.63, 3.8) is 0 Å². The van der Waals surface area contributed by atoms with Crippen LogP contribution in [0.4, 0.5) is 4.39 Å². The molecule has 0 saturated heterocycles. The number of carbonyl (C=O) groups is 4. The minimum absolute atomic E-state index is 0.0766. The van der Waals surface area contributed by atoms with E-state index >= 15 is 0 Å². The number of amides is 2. The zero-order valence-corrected chi connectivity index (χ0v) is 16.8. The summed E-state index contributed by atoms with van der Waals surface area (Å²) in [5.41, 5.74) is 6.30. The van der Waals surface area contributed by atoms with Gasteiger partial charge in [-0.25, -0.2) is 9.18 Å². The molecule has 2 aromatic rings. The molecule has 4 N–H and O–H groups in total. The lowest BCUT2D eigenvalue weighted by Crippen LogP contribution is -2.43. The van der Waals surface area contributed by atoms with Gasteiger partial charge >= 0.3 is 5.97 Å². The number of halogens is 1. The highest BCUT2D eigenvalue weighted by atomic mass is 19.1. The zero-order chi connectivity index (χ0) is 23.4. The maximum atomic E-state index is 12.9. The molecule has 32 heavy (non-hydrogen) atoms. The standard InChI is InChI=1S/C15H12FN3O4.C6H6N2O/c1-7-11(20)10(6-8-2-4-9(16)5-3-8)14(21)19-13(7)17-12(18-19)15(22)23;7-6(9)5-1-3-8-4-2-5/h2-5,10H,6H2,1H3,(H,17,18)(H,22,23);1-4H,(H2,7,9). The summed E-state index contributed by atoms with van der Waals surface area (Å²) in [6.45, 7) is 1.50. The zero-order valence-electron chi connectivity index (χ0n) is 16.8. The van der Waals surface area contributed by atoms with Crippen molar-refractivity contribution in [1.82, 2.24) is 15.3 Å². The topological polar surface area (TPSA) is 155 Å². The number of pyridine rings is 1. The number of fused-ring (bicyclic) bond motifs is 1.